The standard InChI is InChI=1S/C130H123BN4/c1-124(2,3)94-68-92(69-95(72-94)125(4,5)6)88-48-36-44-84(64-88)86-46-38-50-90(66-86)109-76-98(128(13,14)15)74-107(82-40-24-22-25-41-82)122(109)134-117-80-101(132-113-56-32-28-52-103(113)104-53-29-33-57-114(104)132)60-62-111(117)131-112-63-61-102(133-115-58-34-30-54-105(115)106-55-31-35-59-116(106)133)81-118(112)135(120-79-100(130(19,20)21)78-119(134)121(120)131)123-108(83-42-26-23-27-43-83)75-99(129(16,17)18)77-110(123)91-51-39-47-87(67-91)85-45-37-49-89(65-85)93-70-96(126(7,8)9)73-97(71-93)127(10,11)12/h22-81H,1-21H3. The van der Waals surface area contributed by atoms with Gasteiger partial charge in [-0.2, -0.15) is 0 Å². The van der Waals surface area contributed by atoms with Gasteiger partial charge in [0.25, 0.3) is 6.71 Å². The van der Waals surface area contributed by atoms with E-state index in [1.54, 1.807) is 0 Å². The molecule has 0 N–H and O–H groups in total. The van der Waals surface area contributed by atoms with Crippen LogP contribution in [-0.2, 0) is 37.9 Å². The number of fused-ring (bicyclic) bond motifs is 10. The normalized spacial score (nSPS) is 13.2. The molecular weight excluding hydrogens is 1630 g/mol. The second kappa shape index (κ2) is 32.4. The minimum Gasteiger partial charge on any atom is -0.310 e. The van der Waals surface area contributed by atoms with Gasteiger partial charge in [0.2, 0.25) is 0 Å². The molecule has 2 aliphatic heterocycles. The molecule has 0 unspecified atom stereocenters. The van der Waals surface area contributed by atoms with Crippen molar-refractivity contribution < 1.29 is 0 Å². The summed E-state index contributed by atoms with van der Waals surface area (Å²) in [4.78, 5) is 5.56. The first-order chi connectivity index (χ1) is 64.3. The minimum atomic E-state index is -0.409. The number of anilines is 6. The van der Waals surface area contributed by atoms with E-state index in [1.807, 2.05) is 0 Å². The van der Waals surface area contributed by atoms with Crippen molar-refractivity contribution in [2.24, 2.45) is 0 Å². The highest BCUT2D eigenvalue weighted by atomic mass is 15.2. The zero-order chi connectivity index (χ0) is 94.1. The van der Waals surface area contributed by atoms with Gasteiger partial charge in [0.1, 0.15) is 0 Å². The molecule has 0 saturated carbocycles. The average Bonchev–Trinajstić information content (AvgIpc) is 1.03. The zero-order valence-corrected chi connectivity index (χ0v) is 82.5. The third kappa shape index (κ3) is 15.7. The Bertz CT molecular complexity index is 7320. The maximum absolute atomic E-state index is 2.78. The summed E-state index contributed by atoms with van der Waals surface area (Å²) >= 11 is 0. The van der Waals surface area contributed by atoms with Gasteiger partial charge in [-0.3, -0.25) is 0 Å². The molecule has 2 aromatic heterocycles. The van der Waals surface area contributed by atoms with Gasteiger partial charge in [-0.1, -0.05) is 400 Å². The van der Waals surface area contributed by atoms with E-state index < -0.39 is 5.41 Å². The average molecular weight is 1750 g/mol. The number of nitrogens with zero attached hydrogens (tertiary/aromatic N) is 4. The molecule has 0 aliphatic carbocycles. The molecule has 0 saturated heterocycles. The van der Waals surface area contributed by atoms with Crippen molar-refractivity contribution in [2.45, 2.75) is 183 Å². The molecule has 0 bridgehead atoms. The molecule has 0 radical (unpaired) electrons. The summed E-state index contributed by atoms with van der Waals surface area (Å²) in [5.74, 6) is 0. The molecule has 0 amide bonds. The lowest BCUT2D eigenvalue weighted by molar-refractivity contribution is 0.568. The number of hydrogen-bond donors (Lipinski definition) is 0. The Morgan fingerprint density at radius 1 is 0.178 bits per heavy atom. The largest absolute Gasteiger partial charge is 0.310 e. The molecule has 17 aromatic carbocycles. The lowest BCUT2D eigenvalue weighted by atomic mass is 9.33. The third-order valence-corrected chi connectivity index (χ3v) is 28.9. The fourth-order valence-electron chi connectivity index (χ4n) is 21.1. The maximum Gasteiger partial charge on any atom is 0.252 e. The Kier molecular flexibility index (Phi) is 21.0. The van der Waals surface area contributed by atoms with Crippen molar-refractivity contribution in [3.05, 3.63) is 403 Å². The first-order valence-electron chi connectivity index (χ1n) is 48.6. The van der Waals surface area contributed by atoms with Crippen molar-refractivity contribution in [3.8, 4) is 100 Å². The number of benzene rings is 17. The van der Waals surface area contributed by atoms with Gasteiger partial charge in [0.15, 0.2) is 0 Å². The fraction of sp³-hybridized carbons (Fsp3) is 0.215. The third-order valence-electron chi connectivity index (χ3n) is 28.9. The van der Waals surface area contributed by atoms with E-state index in [0.29, 0.717) is 0 Å². The minimum absolute atomic E-state index is 0.0481. The quantitative estimate of drug-likeness (QED) is 0.113. The van der Waals surface area contributed by atoms with Gasteiger partial charge >= 0.3 is 0 Å². The van der Waals surface area contributed by atoms with Gasteiger partial charge in [-0.25, -0.2) is 0 Å². The second-order valence-electron chi connectivity index (χ2n) is 45.5. The number of rotatable bonds is 12. The summed E-state index contributed by atoms with van der Waals surface area (Å²) in [5.41, 5.74) is 43.7. The van der Waals surface area contributed by atoms with Crippen LogP contribution in [0.1, 0.15) is 184 Å². The van der Waals surface area contributed by atoms with Gasteiger partial charge in [-0.05, 0) is 269 Å². The molecule has 0 fully saturated rings. The highest BCUT2D eigenvalue weighted by Crippen LogP contribution is 2.57. The molecule has 4 nitrogen and oxygen atoms in total. The molecular formula is C130H123BN4. The van der Waals surface area contributed by atoms with Crippen molar-refractivity contribution in [3.63, 3.8) is 0 Å². The van der Waals surface area contributed by atoms with Crippen LogP contribution in [0.3, 0.4) is 0 Å². The summed E-state index contributed by atoms with van der Waals surface area (Å²) in [7, 11) is 0. The Morgan fingerprint density at radius 2 is 0.415 bits per heavy atom. The molecule has 5 heteroatoms. The van der Waals surface area contributed by atoms with Crippen LogP contribution in [0.15, 0.2) is 364 Å². The zero-order valence-electron chi connectivity index (χ0n) is 82.5. The van der Waals surface area contributed by atoms with Crippen molar-refractivity contribution in [2.75, 3.05) is 9.80 Å². The van der Waals surface area contributed by atoms with Gasteiger partial charge in [0.05, 0.1) is 33.4 Å². The van der Waals surface area contributed by atoms with Gasteiger partial charge < -0.3 is 18.9 Å². The van der Waals surface area contributed by atoms with E-state index in [4.69, 9.17) is 0 Å². The highest BCUT2D eigenvalue weighted by Gasteiger charge is 2.47. The van der Waals surface area contributed by atoms with Crippen LogP contribution in [0.2, 0.25) is 0 Å². The van der Waals surface area contributed by atoms with Gasteiger partial charge in [-0.15, -0.1) is 0 Å². The lowest BCUT2D eigenvalue weighted by Gasteiger charge is -2.47. The van der Waals surface area contributed by atoms with Crippen molar-refractivity contribution in [1.82, 2.24) is 9.13 Å². The Morgan fingerprint density at radius 3 is 0.711 bits per heavy atom. The Hall–Kier alpha value is -14.0. The van der Waals surface area contributed by atoms with Crippen LogP contribution >= 0.6 is 0 Å². The Labute approximate surface area is 800 Å². The number of aromatic nitrogens is 2. The van der Waals surface area contributed by atoms with Crippen LogP contribution in [0.25, 0.3) is 144 Å². The number of para-hydroxylation sites is 4. The van der Waals surface area contributed by atoms with E-state index in [9.17, 15) is 0 Å². The summed E-state index contributed by atoms with van der Waals surface area (Å²) in [6.07, 6.45) is 0. The smallest absolute Gasteiger partial charge is 0.252 e. The van der Waals surface area contributed by atoms with E-state index in [0.717, 1.165) is 134 Å². The molecule has 19 aromatic rings. The summed E-state index contributed by atoms with van der Waals surface area (Å²) in [6.45, 7) is 49.4. The van der Waals surface area contributed by atoms with Crippen LogP contribution in [0.5, 0.6) is 0 Å². The number of hydrogen-bond acceptors (Lipinski definition) is 2. The molecule has 2 aliphatic rings. The molecule has 0 atom stereocenters. The van der Waals surface area contributed by atoms with E-state index >= 15 is 0 Å². The molecule has 0 spiro atoms. The molecule has 666 valence electrons. The van der Waals surface area contributed by atoms with Gasteiger partial charge in [0, 0.05) is 77.9 Å². The molecule has 21 rings (SSSR count). The van der Waals surface area contributed by atoms with Crippen LogP contribution in [0, 0.1) is 0 Å². The molecule has 4 heterocycles. The molecule has 135 heavy (non-hydrogen) atoms. The van der Waals surface area contributed by atoms with Crippen LogP contribution in [0.4, 0.5) is 34.1 Å². The Balaban J connectivity index is 0.890. The maximum atomic E-state index is 2.78. The van der Waals surface area contributed by atoms with Crippen molar-refractivity contribution >= 4 is 101 Å². The topological polar surface area (TPSA) is 16.3 Å². The van der Waals surface area contributed by atoms with E-state index in [-0.39, 0.29) is 39.2 Å². The SMILES string of the molecule is CC(C)(C)c1cc(-c2cccc(-c3cccc(-c4cc(C(C)(C)C)cc(-c5ccccc5)c4N4c5cc(-n6c7ccccc7c7ccccc76)ccc5B5c6ccc(-n7c8ccccc8c8ccccc87)cc6N(c6c(-c7ccccc7)cc(C(C)(C)C)cc6-c6cccc(-c7cccc(-c8cc(C(C)(C)C)cc(C(C)(C)C)c8)c7)c6)c6cc(C(C)(C)C)cc4c65)c3)c2)cc(C(C)(C)C)c1. The van der Waals surface area contributed by atoms with E-state index in [2.05, 4.69) is 528 Å². The van der Waals surface area contributed by atoms with E-state index in [1.165, 1.54) is 99.1 Å². The van der Waals surface area contributed by atoms with Crippen LogP contribution in [-0.4, -0.2) is 15.8 Å². The summed E-state index contributed by atoms with van der Waals surface area (Å²) < 4.78 is 5.06. The lowest BCUT2D eigenvalue weighted by Crippen LogP contribution is -2.61. The first kappa shape index (κ1) is 87.6. The summed E-state index contributed by atoms with van der Waals surface area (Å²) in [6, 6.07) is 142. The fourth-order valence-corrected chi connectivity index (χ4v) is 21.1. The van der Waals surface area contributed by atoms with Crippen molar-refractivity contribution in [1.29, 1.82) is 0 Å². The first-order valence-corrected chi connectivity index (χ1v) is 48.6. The predicted molar refractivity (Wildman–Crippen MR) is 584 cm³/mol. The second-order valence-corrected chi connectivity index (χ2v) is 45.5. The highest BCUT2D eigenvalue weighted by molar-refractivity contribution is 7.00. The predicted octanol–water partition coefficient (Wildman–Crippen LogP) is 34.4. The monoisotopic (exact) mass is 1750 g/mol. The summed E-state index contributed by atoms with van der Waals surface area (Å²) in [5, 5.41) is 4.87. The van der Waals surface area contributed by atoms with Crippen LogP contribution < -0.4 is 26.2 Å².